The van der Waals surface area contributed by atoms with Crippen LogP contribution in [0.3, 0.4) is 0 Å². The van der Waals surface area contributed by atoms with E-state index in [-0.39, 0.29) is 11.5 Å². The second kappa shape index (κ2) is 12.8. The number of allylic oxidation sites excluding steroid dienone is 4. The first-order chi connectivity index (χ1) is 17.4. The number of ether oxygens (including phenoxy) is 2. The van der Waals surface area contributed by atoms with Gasteiger partial charge in [-0.2, -0.15) is 0 Å². The molecule has 0 amide bonds. The normalized spacial score (nSPS) is 31.4. The Labute approximate surface area is 219 Å². The highest BCUT2D eigenvalue weighted by Gasteiger charge is 2.57. The van der Waals surface area contributed by atoms with Crippen LogP contribution in [0.15, 0.2) is 22.8 Å². The minimum Gasteiger partial charge on any atom is -0.434 e. The van der Waals surface area contributed by atoms with Gasteiger partial charge in [0.1, 0.15) is 6.10 Å². The third-order valence-electron chi connectivity index (χ3n) is 9.86. The lowest BCUT2D eigenvalue weighted by atomic mass is 9.54. The second-order valence-corrected chi connectivity index (χ2v) is 12.4. The van der Waals surface area contributed by atoms with Gasteiger partial charge in [-0.25, -0.2) is 4.79 Å². The molecule has 0 aromatic heterocycles. The summed E-state index contributed by atoms with van der Waals surface area (Å²) in [5, 5.41) is 0. The summed E-state index contributed by atoms with van der Waals surface area (Å²) in [7, 11) is 0. The van der Waals surface area contributed by atoms with Crippen LogP contribution in [0.2, 0.25) is 0 Å². The summed E-state index contributed by atoms with van der Waals surface area (Å²) in [5.41, 5.74) is 4.47. The van der Waals surface area contributed by atoms with E-state index >= 15 is 0 Å². The second-order valence-electron chi connectivity index (χ2n) is 12.4. The Bertz CT molecular complexity index is 839. The zero-order valence-corrected chi connectivity index (χ0v) is 23.2. The molecule has 0 bridgehead atoms. The predicted molar refractivity (Wildman–Crippen MR) is 145 cm³/mol. The molecule has 0 aliphatic heterocycles. The van der Waals surface area contributed by atoms with Gasteiger partial charge in [0.05, 0.1) is 6.61 Å². The quantitative estimate of drug-likeness (QED) is 0.199. The van der Waals surface area contributed by atoms with Gasteiger partial charge in [0, 0.05) is 11.8 Å². The third kappa shape index (κ3) is 6.27. The van der Waals surface area contributed by atoms with E-state index in [1.54, 1.807) is 5.57 Å². The molecular weight excluding hydrogens is 448 g/mol. The molecular formula is C32H50O4. The minimum atomic E-state index is -0.464. The monoisotopic (exact) mass is 498 g/mol. The van der Waals surface area contributed by atoms with Crippen LogP contribution in [-0.4, -0.2) is 24.6 Å². The molecule has 5 atom stereocenters. The van der Waals surface area contributed by atoms with Crippen LogP contribution in [0.4, 0.5) is 4.79 Å². The number of carbonyl (C=O) groups is 2. The van der Waals surface area contributed by atoms with Gasteiger partial charge < -0.3 is 9.47 Å². The van der Waals surface area contributed by atoms with E-state index < -0.39 is 6.16 Å². The van der Waals surface area contributed by atoms with Crippen LogP contribution in [0, 0.1) is 23.2 Å². The highest BCUT2D eigenvalue weighted by molar-refractivity contribution is 5.93. The van der Waals surface area contributed by atoms with Gasteiger partial charge in [0.15, 0.2) is 5.78 Å². The number of unbranched alkanes of at least 4 members (excludes halogenated alkanes) is 9. The molecule has 0 aromatic rings. The Balaban J connectivity index is 1.21. The van der Waals surface area contributed by atoms with Crippen molar-refractivity contribution in [3.63, 3.8) is 0 Å². The van der Waals surface area contributed by atoms with Crippen molar-refractivity contribution in [2.75, 3.05) is 6.61 Å². The first kappa shape index (κ1) is 27.5. The van der Waals surface area contributed by atoms with Crippen LogP contribution >= 0.6 is 0 Å². The highest BCUT2D eigenvalue weighted by Crippen LogP contribution is 2.62. The molecule has 4 aliphatic carbocycles. The van der Waals surface area contributed by atoms with E-state index in [1.807, 2.05) is 6.08 Å². The first-order valence-corrected chi connectivity index (χ1v) is 15.2. The van der Waals surface area contributed by atoms with E-state index in [4.69, 9.17) is 9.47 Å². The number of rotatable bonds is 12. The van der Waals surface area contributed by atoms with Crippen LogP contribution in [-0.2, 0) is 14.3 Å². The summed E-state index contributed by atoms with van der Waals surface area (Å²) >= 11 is 0. The summed E-state index contributed by atoms with van der Waals surface area (Å²) in [4.78, 5) is 24.5. The van der Waals surface area contributed by atoms with Crippen molar-refractivity contribution in [2.45, 2.75) is 136 Å². The molecule has 0 radical (unpaired) electrons. The Morgan fingerprint density at radius 3 is 2.36 bits per heavy atom. The Kier molecular flexibility index (Phi) is 9.75. The van der Waals surface area contributed by atoms with E-state index in [0.717, 1.165) is 51.4 Å². The summed E-state index contributed by atoms with van der Waals surface area (Å²) < 4.78 is 11.5. The zero-order chi connectivity index (χ0) is 25.5. The average Bonchev–Trinajstić information content (AvgIpc) is 3.17. The van der Waals surface area contributed by atoms with Gasteiger partial charge in [0.25, 0.3) is 0 Å². The molecule has 4 nitrogen and oxygen atoms in total. The molecule has 0 heterocycles. The van der Waals surface area contributed by atoms with Crippen LogP contribution in [0.5, 0.6) is 0 Å². The van der Waals surface area contributed by atoms with Gasteiger partial charge in [-0.3, -0.25) is 4.79 Å². The van der Waals surface area contributed by atoms with Crippen LogP contribution in [0.1, 0.15) is 130 Å². The number of carbonyl (C=O) groups excluding carboxylic acids is 2. The fraction of sp³-hybridized carbons (Fsp3) is 0.812. The molecule has 0 aromatic carbocycles. The summed E-state index contributed by atoms with van der Waals surface area (Å²) in [6.45, 7) is 7.45. The fourth-order valence-corrected chi connectivity index (χ4v) is 8.12. The molecule has 0 spiro atoms. The Morgan fingerprint density at radius 1 is 0.944 bits per heavy atom. The fourth-order valence-electron chi connectivity index (χ4n) is 8.12. The molecule has 4 aliphatic rings. The summed E-state index contributed by atoms with van der Waals surface area (Å²) in [5.74, 6) is 1.92. The van der Waals surface area contributed by atoms with Crippen molar-refractivity contribution in [1.82, 2.24) is 0 Å². The molecule has 2 saturated carbocycles. The van der Waals surface area contributed by atoms with Gasteiger partial charge in [0.2, 0.25) is 0 Å². The van der Waals surface area contributed by atoms with E-state index in [9.17, 15) is 9.59 Å². The van der Waals surface area contributed by atoms with Gasteiger partial charge in [-0.1, -0.05) is 84.1 Å². The third-order valence-corrected chi connectivity index (χ3v) is 9.86. The van der Waals surface area contributed by atoms with Crippen LogP contribution in [0.25, 0.3) is 0 Å². The highest BCUT2D eigenvalue weighted by atomic mass is 16.7. The summed E-state index contributed by atoms with van der Waals surface area (Å²) in [6, 6.07) is 0. The minimum absolute atomic E-state index is 0.0238. The van der Waals surface area contributed by atoms with Crippen molar-refractivity contribution in [3.05, 3.63) is 22.8 Å². The van der Waals surface area contributed by atoms with Crippen molar-refractivity contribution in [3.8, 4) is 0 Å². The number of hydrogen-bond donors (Lipinski definition) is 0. The largest absolute Gasteiger partial charge is 0.508 e. The maximum atomic E-state index is 12.6. The lowest BCUT2D eigenvalue weighted by Gasteiger charge is -2.51. The van der Waals surface area contributed by atoms with Gasteiger partial charge >= 0.3 is 6.16 Å². The molecule has 0 saturated heterocycles. The van der Waals surface area contributed by atoms with Crippen LogP contribution < -0.4 is 0 Å². The Morgan fingerprint density at radius 2 is 1.64 bits per heavy atom. The average molecular weight is 499 g/mol. The molecule has 4 heteroatoms. The van der Waals surface area contributed by atoms with E-state index in [0.29, 0.717) is 36.6 Å². The van der Waals surface area contributed by atoms with E-state index in [1.165, 1.54) is 62.5 Å². The molecule has 2 unspecified atom stereocenters. The molecule has 36 heavy (non-hydrogen) atoms. The van der Waals surface area contributed by atoms with E-state index in [2.05, 4.69) is 20.8 Å². The van der Waals surface area contributed by atoms with Crippen molar-refractivity contribution in [2.24, 2.45) is 23.2 Å². The van der Waals surface area contributed by atoms with Gasteiger partial charge in [-0.15, -0.1) is 0 Å². The predicted octanol–water partition coefficient (Wildman–Crippen LogP) is 8.88. The topological polar surface area (TPSA) is 52.6 Å². The Hall–Kier alpha value is -1.58. The lowest BCUT2D eigenvalue weighted by molar-refractivity contribution is -0.114. The SMILES string of the molecule is CCCCCCCCCCCCOC(=O)O[C@H]1CCC2C3CCC4=CC(=O)CCC4=C3[C@@H](C)C[C@@]21C. The number of hydrogen-bond acceptors (Lipinski definition) is 4. The molecule has 4 rings (SSSR count). The molecule has 0 N–H and O–H groups in total. The molecule has 202 valence electrons. The maximum Gasteiger partial charge on any atom is 0.508 e. The molecule has 2 fully saturated rings. The zero-order valence-electron chi connectivity index (χ0n) is 23.2. The number of fused-ring (bicyclic) bond motifs is 4. The summed E-state index contributed by atoms with van der Waals surface area (Å²) in [6.07, 6.45) is 21.0. The smallest absolute Gasteiger partial charge is 0.434 e. The van der Waals surface area contributed by atoms with Crippen molar-refractivity contribution >= 4 is 11.9 Å². The standard InChI is InChI=1S/C32H50O4/c1-4-5-6-7-8-9-10-11-12-13-20-35-31(34)36-29-19-18-28-27-16-14-24-21-25(33)15-17-26(24)30(27)23(2)22-32(28,29)3/h21,23,27-29H,4-20,22H2,1-3H3/t23-,27?,28?,29-,32-/m0/s1. The maximum absolute atomic E-state index is 12.6. The first-order valence-electron chi connectivity index (χ1n) is 15.2. The van der Waals surface area contributed by atoms with Crippen molar-refractivity contribution in [1.29, 1.82) is 0 Å². The van der Waals surface area contributed by atoms with Gasteiger partial charge in [-0.05, 0) is 79.9 Å². The van der Waals surface area contributed by atoms with Crippen molar-refractivity contribution < 1.29 is 19.1 Å². The lowest BCUT2D eigenvalue weighted by Crippen LogP contribution is -2.46. The number of ketones is 1.